The van der Waals surface area contributed by atoms with E-state index in [9.17, 15) is 9.59 Å². The van der Waals surface area contributed by atoms with Crippen molar-refractivity contribution in [3.05, 3.63) is 12.2 Å². The van der Waals surface area contributed by atoms with E-state index in [1.807, 2.05) is 6.92 Å². The number of amides is 2. The summed E-state index contributed by atoms with van der Waals surface area (Å²) in [5, 5.41) is 0. The summed E-state index contributed by atoms with van der Waals surface area (Å²) >= 11 is 0. The average Bonchev–Trinajstić information content (AvgIpc) is 2.20. The molecule has 0 bridgehead atoms. The van der Waals surface area contributed by atoms with Crippen LogP contribution in [0.15, 0.2) is 12.2 Å². The molecule has 0 fully saturated rings. The molecule has 4 heteroatoms. The Bertz CT molecular complexity index is 182. The van der Waals surface area contributed by atoms with Crippen molar-refractivity contribution in [2.24, 2.45) is 0 Å². The second-order valence-electron chi connectivity index (χ2n) is 1.97. The Morgan fingerprint density at radius 3 is 2.30 bits per heavy atom. The van der Waals surface area contributed by atoms with Gasteiger partial charge in [0.1, 0.15) is 0 Å². The van der Waals surface area contributed by atoms with Gasteiger partial charge in [0, 0.05) is 12.2 Å². The second kappa shape index (κ2) is 2.69. The van der Waals surface area contributed by atoms with Gasteiger partial charge in [-0.05, 0) is 0 Å². The minimum Gasteiger partial charge on any atom is -0.327 e. The van der Waals surface area contributed by atoms with Crippen LogP contribution in [0, 0.1) is 0 Å². The molecule has 51 valence electrons. The van der Waals surface area contributed by atoms with Gasteiger partial charge in [-0.25, -0.2) is 0 Å². The first-order chi connectivity index (χ1) is 4.75. The van der Waals surface area contributed by atoms with E-state index in [0.29, 0.717) is 6.32 Å². The van der Waals surface area contributed by atoms with Gasteiger partial charge in [-0.15, -0.1) is 0 Å². The Balaban J connectivity index is 2.60. The Morgan fingerprint density at radius 1 is 1.40 bits per heavy atom. The van der Waals surface area contributed by atoms with Crippen molar-refractivity contribution < 1.29 is 9.59 Å². The van der Waals surface area contributed by atoms with Crippen LogP contribution in [-0.2, 0) is 9.59 Å². The quantitative estimate of drug-likeness (QED) is 0.394. The maximum absolute atomic E-state index is 10.8. The summed E-state index contributed by atoms with van der Waals surface area (Å²) in [6.07, 6.45) is 3.24. The fourth-order valence-electron chi connectivity index (χ4n) is 0.774. The Hall–Kier alpha value is -1.06. The molecule has 0 aliphatic carbocycles. The first-order valence-corrected chi connectivity index (χ1v) is 3.14. The zero-order valence-electron chi connectivity index (χ0n) is 5.70. The lowest BCUT2D eigenvalue weighted by molar-refractivity contribution is -0.131. The number of nitrogens with zero attached hydrogens (tertiary/aromatic N) is 1. The molecule has 1 aliphatic rings. The molecule has 1 aliphatic heterocycles. The summed E-state index contributed by atoms with van der Waals surface area (Å²) in [6, 6.07) is 0. The van der Waals surface area contributed by atoms with Crippen molar-refractivity contribution in [2.45, 2.75) is 13.2 Å². The van der Waals surface area contributed by atoms with Crippen molar-refractivity contribution in [3.63, 3.8) is 0 Å². The highest BCUT2D eigenvalue weighted by atomic mass is 16.2. The van der Waals surface area contributed by atoms with Gasteiger partial charge in [-0.2, -0.15) is 0 Å². The standard InChI is InChI=1S/C6H7BNO2/c1-2-7-8-5(9)3-4-6(8)10/h3-4H,2H2,1H3. The van der Waals surface area contributed by atoms with E-state index in [-0.39, 0.29) is 11.8 Å². The lowest BCUT2D eigenvalue weighted by Crippen LogP contribution is -2.32. The highest BCUT2D eigenvalue weighted by molar-refractivity contribution is 6.45. The third-order valence-electron chi connectivity index (χ3n) is 1.21. The minimum atomic E-state index is -0.244. The van der Waals surface area contributed by atoms with Gasteiger partial charge in [-0.1, -0.05) is 13.2 Å². The lowest BCUT2D eigenvalue weighted by atomic mass is 9.88. The summed E-state index contributed by atoms with van der Waals surface area (Å²) < 4.78 is 0. The van der Waals surface area contributed by atoms with Crippen molar-refractivity contribution in [1.29, 1.82) is 0 Å². The van der Waals surface area contributed by atoms with E-state index in [4.69, 9.17) is 0 Å². The van der Waals surface area contributed by atoms with Crippen molar-refractivity contribution >= 4 is 19.2 Å². The van der Waals surface area contributed by atoms with Crippen LogP contribution in [0.5, 0.6) is 0 Å². The van der Waals surface area contributed by atoms with E-state index < -0.39 is 0 Å². The number of carbonyl (C=O) groups excluding carboxylic acids is 2. The van der Waals surface area contributed by atoms with Crippen LogP contribution in [-0.4, -0.2) is 24.0 Å². The van der Waals surface area contributed by atoms with E-state index in [2.05, 4.69) is 0 Å². The summed E-state index contributed by atoms with van der Waals surface area (Å²) in [4.78, 5) is 22.6. The van der Waals surface area contributed by atoms with Crippen LogP contribution in [0.2, 0.25) is 6.32 Å². The predicted octanol–water partition coefficient (Wildman–Crippen LogP) is -0.0312. The van der Waals surface area contributed by atoms with E-state index in [1.54, 1.807) is 7.41 Å². The Morgan fingerprint density at radius 2 is 1.90 bits per heavy atom. The SMILES string of the molecule is CC[B]N1C(=O)C=CC1=O. The highest BCUT2D eigenvalue weighted by Crippen LogP contribution is 2.01. The van der Waals surface area contributed by atoms with Gasteiger partial charge in [0.2, 0.25) is 11.8 Å². The van der Waals surface area contributed by atoms with Gasteiger partial charge in [-0.3, -0.25) is 9.59 Å². The van der Waals surface area contributed by atoms with E-state index >= 15 is 0 Å². The third kappa shape index (κ3) is 1.10. The molecule has 0 saturated heterocycles. The average molecular weight is 136 g/mol. The largest absolute Gasteiger partial charge is 0.327 e. The van der Waals surface area contributed by atoms with Crippen LogP contribution >= 0.6 is 0 Å². The molecule has 3 nitrogen and oxygen atoms in total. The molecule has 0 atom stereocenters. The van der Waals surface area contributed by atoms with Crippen LogP contribution in [0.3, 0.4) is 0 Å². The lowest BCUT2D eigenvalue weighted by Gasteiger charge is -2.09. The van der Waals surface area contributed by atoms with Gasteiger partial charge < -0.3 is 4.81 Å². The van der Waals surface area contributed by atoms with Gasteiger partial charge >= 0.3 is 0 Å². The molecule has 0 aromatic carbocycles. The fourth-order valence-corrected chi connectivity index (χ4v) is 0.774. The molecular formula is C6H7BNO2. The van der Waals surface area contributed by atoms with Gasteiger partial charge in [0.25, 0.3) is 7.41 Å². The van der Waals surface area contributed by atoms with Crippen molar-refractivity contribution in [2.75, 3.05) is 0 Å². The number of imide groups is 1. The first kappa shape index (κ1) is 7.06. The molecule has 0 spiro atoms. The minimum absolute atomic E-state index is 0.244. The van der Waals surface area contributed by atoms with E-state index in [0.717, 1.165) is 4.81 Å². The molecule has 1 radical (unpaired) electrons. The van der Waals surface area contributed by atoms with Crippen molar-refractivity contribution in [3.8, 4) is 0 Å². The maximum atomic E-state index is 10.8. The predicted molar refractivity (Wildman–Crippen MR) is 37.2 cm³/mol. The number of carbonyl (C=O) groups is 2. The van der Waals surface area contributed by atoms with Crippen LogP contribution < -0.4 is 0 Å². The summed E-state index contributed by atoms with van der Waals surface area (Å²) in [5.41, 5.74) is 0. The number of hydrogen-bond donors (Lipinski definition) is 0. The Kier molecular flexibility index (Phi) is 1.90. The number of rotatable bonds is 2. The summed E-state index contributed by atoms with van der Waals surface area (Å²) in [6.45, 7) is 1.87. The molecule has 10 heavy (non-hydrogen) atoms. The fraction of sp³-hybridized carbons (Fsp3) is 0.333. The molecule has 2 amide bonds. The molecule has 1 rings (SSSR count). The molecule has 1 heterocycles. The molecule has 0 saturated carbocycles. The second-order valence-corrected chi connectivity index (χ2v) is 1.97. The molecule has 0 aromatic heterocycles. The molecule has 0 unspecified atom stereocenters. The molecular weight excluding hydrogens is 129 g/mol. The number of hydrogen-bond acceptors (Lipinski definition) is 2. The highest BCUT2D eigenvalue weighted by Gasteiger charge is 2.21. The van der Waals surface area contributed by atoms with Crippen LogP contribution in [0.4, 0.5) is 0 Å². The van der Waals surface area contributed by atoms with Crippen LogP contribution in [0.1, 0.15) is 6.92 Å². The van der Waals surface area contributed by atoms with Gasteiger partial charge in [0.15, 0.2) is 0 Å². The maximum Gasteiger partial charge on any atom is 0.260 e. The monoisotopic (exact) mass is 136 g/mol. The first-order valence-electron chi connectivity index (χ1n) is 3.14. The summed E-state index contributed by atoms with van der Waals surface area (Å²) in [7, 11) is 1.57. The Labute approximate surface area is 60.0 Å². The molecule has 0 N–H and O–H groups in total. The smallest absolute Gasteiger partial charge is 0.260 e. The normalized spacial score (nSPS) is 16.7. The third-order valence-corrected chi connectivity index (χ3v) is 1.21. The zero-order valence-corrected chi connectivity index (χ0v) is 5.70. The van der Waals surface area contributed by atoms with E-state index in [1.165, 1.54) is 12.2 Å². The zero-order chi connectivity index (χ0) is 7.56. The summed E-state index contributed by atoms with van der Waals surface area (Å²) in [5.74, 6) is -0.487. The molecule has 0 aromatic rings. The van der Waals surface area contributed by atoms with Gasteiger partial charge in [0.05, 0.1) is 0 Å². The van der Waals surface area contributed by atoms with Crippen LogP contribution in [0.25, 0.3) is 0 Å². The topological polar surface area (TPSA) is 37.4 Å². The van der Waals surface area contributed by atoms with Crippen molar-refractivity contribution in [1.82, 2.24) is 4.81 Å².